The van der Waals surface area contributed by atoms with Crippen molar-refractivity contribution in [3.63, 3.8) is 0 Å². The maximum Gasteiger partial charge on any atom is 0.416 e. The second-order valence-electron chi connectivity index (χ2n) is 12.2. The SMILES string of the molecule is CCN(C[C@H]1CC[C@H](CC(=O)O)CC1)c1cc(C)c(C(F)(F)F)cc1CN(Cc1cc(C(F)(F)F)cc(C(F)(F)F)c1)c1noc(C)n1. The average molecular weight is 695 g/mol. The first-order chi connectivity index (χ1) is 22.2. The molecule has 1 aliphatic carbocycles. The van der Waals surface area contributed by atoms with E-state index in [0.29, 0.717) is 43.8 Å². The predicted molar refractivity (Wildman–Crippen MR) is 157 cm³/mol. The highest BCUT2D eigenvalue weighted by Gasteiger charge is 2.38. The molecule has 1 aromatic heterocycles. The van der Waals surface area contributed by atoms with Crippen molar-refractivity contribution in [2.45, 2.75) is 84.5 Å². The van der Waals surface area contributed by atoms with E-state index in [-0.39, 0.29) is 47.3 Å². The van der Waals surface area contributed by atoms with Crippen LogP contribution in [0, 0.1) is 25.7 Å². The van der Waals surface area contributed by atoms with Gasteiger partial charge < -0.3 is 19.4 Å². The monoisotopic (exact) mass is 694 g/mol. The number of nitrogens with zero attached hydrogens (tertiary/aromatic N) is 4. The summed E-state index contributed by atoms with van der Waals surface area (Å²) < 4.78 is 129. The number of hydrogen-bond acceptors (Lipinski definition) is 6. The van der Waals surface area contributed by atoms with E-state index < -0.39 is 59.8 Å². The van der Waals surface area contributed by atoms with Crippen molar-refractivity contribution in [3.05, 3.63) is 69.6 Å². The average Bonchev–Trinajstić information content (AvgIpc) is 3.41. The van der Waals surface area contributed by atoms with E-state index in [0.717, 1.165) is 18.9 Å². The first-order valence-electron chi connectivity index (χ1n) is 15.3. The molecule has 1 heterocycles. The van der Waals surface area contributed by atoms with E-state index in [2.05, 4.69) is 10.1 Å². The van der Waals surface area contributed by atoms with Gasteiger partial charge in [-0.25, -0.2) is 0 Å². The van der Waals surface area contributed by atoms with E-state index >= 15 is 0 Å². The molecule has 4 rings (SSSR count). The molecule has 1 fully saturated rings. The molecule has 0 bridgehead atoms. The van der Waals surface area contributed by atoms with Gasteiger partial charge in [-0.2, -0.15) is 44.5 Å². The van der Waals surface area contributed by atoms with Crippen LogP contribution in [0.1, 0.15) is 78.3 Å². The predicted octanol–water partition coefficient (Wildman–Crippen LogP) is 9.06. The highest BCUT2D eigenvalue weighted by atomic mass is 19.4. The standard InChI is InChI=1S/C32H35F9N4O3/c1-4-44(15-21-7-5-20(6-8-21)12-28(46)47)27-9-18(2)26(32(39,40)41)13-23(27)17-45(29-42-19(3)48-43-29)16-22-10-24(30(33,34)35)14-25(11-22)31(36,37)38/h9-11,13-14,20-21H,4-8,12,15-17H2,1-3H3,(H,46,47)/t20-,21-. The van der Waals surface area contributed by atoms with Crippen molar-refractivity contribution in [2.24, 2.45) is 11.8 Å². The Morgan fingerprint density at radius 2 is 1.42 bits per heavy atom. The van der Waals surface area contributed by atoms with Gasteiger partial charge in [0.15, 0.2) is 0 Å². The fourth-order valence-corrected chi connectivity index (χ4v) is 6.19. The van der Waals surface area contributed by atoms with Gasteiger partial charge >= 0.3 is 24.5 Å². The van der Waals surface area contributed by atoms with E-state index in [1.165, 1.54) is 24.8 Å². The van der Waals surface area contributed by atoms with Crippen LogP contribution in [0.3, 0.4) is 0 Å². The number of carboxylic acids is 1. The van der Waals surface area contributed by atoms with Gasteiger partial charge in [0.25, 0.3) is 5.95 Å². The lowest BCUT2D eigenvalue weighted by molar-refractivity contribution is -0.143. The molecule has 0 unspecified atom stereocenters. The van der Waals surface area contributed by atoms with Crippen LogP contribution in [-0.4, -0.2) is 34.3 Å². The fraction of sp³-hybridized carbons (Fsp3) is 0.531. The third-order valence-corrected chi connectivity index (χ3v) is 8.54. The molecular formula is C32H35F9N4O3. The molecule has 0 atom stereocenters. The van der Waals surface area contributed by atoms with E-state index in [4.69, 9.17) is 9.63 Å². The van der Waals surface area contributed by atoms with Crippen LogP contribution in [-0.2, 0) is 36.4 Å². The van der Waals surface area contributed by atoms with Crippen molar-refractivity contribution in [1.82, 2.24) is 10.1 Å². The molecular weight excluding hydrogens is 659 g/mol. The van der Waals surface area contributed by atoms with E-state index in [1.807, 2.05) is 11.8 Å². The Morgan fingerprint density at radius 1 is 0.833 bits per heavy atom. The Bertz CT molecular complexity index is 1540. The van der Waals surface area contributed by atoms with Gasteiger partial charge in [-0.1, -0.05) is 0 Å². The van der Waals surface area contributed by atoms with Crippen molar-refractivity contribution in [1.29, 1.82) is 0 Å². The van der Waals surface area contributed by atoms with Crippen LogP contribution < -0.4 is 9.80 Å². The minimum atomic E-state index is -5.11. The van der Waals surface area contributed by atoms with Gasteiger partial charge in [-0.05, 0) is 104 Å². The van der Waals surface area contributed by atoms with Gasteiger partial charge in [0.2, 0.25) is 5.89 Å². The maximum absolute atomic E-state index is 14.1. The van der Waals surface area contributed by atoms with Crippen LogP contribution >= 0.6 is 0 Å². The van der Waals surface area contributed by atoms with Crippen molar-refractivity contribution >= 4 is 17.6 Å². The molecule has 7 nitrogen and oxygen atoms in total. The molecule has 1 saturated carbocycles. The summed E-state index contributed by atoms with van der Waals surface area (Å²) in [5.74, 6) is -0.938. The van der Waals surface area contributed by atoms with Gasteiger partial charge in [0, 0.05) is 45.2 Å². The number of anilines is 2. The van der Waals surface area contributed by atoms with Gasteiger partial charge in [0.1, 0.15) is 0 Å². The second-order valence-corrected chi connectivity index (χ2v) is 12.2. The van der Waals surface area contributed by atoms with Gasteiger partial charge in [-0.15, -0.1) is 0 Å². The van der Waals surface area contributed by atoms with Gasteiger partial charge in [-0.3, -0.25) is 4.79 Å². The molecule has 0 spiro atoms. The number of aliphatic carboxylic acids is 1. The third-order valence-electron chi connectivity index (χ3n) is 8.54. The molecule has 0 saturated heterocycles. The molecule has 0 amide bonds. The van der Waals surface area contributed by atoms with E-state index in [9.17, 15) is 44.3 Å². The van der Waals surface area contributed by atoms with Crippen molar-refractivity contribution in [3.8, 4) is 0 Å². The Labute approximate surface area is 270 Å². The number of hydrogen-bond donors (Lipinski definition) is 1. The highest BCUT2D eigenvalue weighted by Crippen LogP contribution is 2.40. The molecule has 48 heavy (non-hydrogen) atoms. The first-order valence-corrected chi connectivity index (χ1v) is 15.3. The zero-order valence-electron chi connectivity index (χ0n) is 26.4. The van der Waals surface area contributed by atoms with Crippen LogP contribution in [0.2, 0.25) is 0 Å². The normalized spacial score (nSPS) is 17.4. The van der Waals surface area contributed by atoms with Crippen LogP contribution in [0.5, 0.6) is 0 Å². The molecule has 0 aliphatic heterocycles. The Kier molecular flexibility index (Phi) is 10.9. The lowest BCUT2D eigenvalue weighted by Crippen LogP contribution is -2.33. The molecule has 16 heteroatoms. The lowest BCUT2D eigenvalue weighted by atomic mass is 9.80. The number of rotatable bonds is 11. The zero-order valence-corrected chi connectivity index (χ0v) is 26.4. The summed E-state index contributed by atoms with van der Waals surface area (Å²) in [5, 5.41) is 12.9. The van der Waals surface area contributed by atoms with Crippen LogP contribution in [0.4, 0.5) is 51.1 Å². The van der Waals surface area contributed by atoms with Gasteiger partial charge in [0.05, 0.1) is 16.7 Å². The Hall–Kier alpha value is -3.98. The Balaban J connectivity index is 1.75. The molecule has 3 aromatic rings. The number of carbonyl (C=O) groups is 1. The number of aryl methyl sites for hydroxylation is 2. The quantitative estimate of drug-likeness (QED) is 0.201. The first kappa shape index (κ1) is 36.8. The number of halogens is 9. The Morgan fingerprint density at radius 3 is 1.90 bits per heavy atom. The lowest BCUT2D eigenvalue weighted by Gasteiger charge is -2.35. The summed E-state index contributed by atoms with van der Waals surface area (Å²) in [4.78, 5) is 18.3. The highest BCUT2D eigenvalue weighted by molar-refractivity contribution is 5.67. The van der Waals surface area contributed by atoms with Crippen molar-refractivity contribution in [2.75, 3.05) is 22.9 Å². The molecule has 264 valence electrons. The minimum absolute atomic E-state index is 0.00566. The smallest absolute Gasteiger partial charge is 0.416 e. The fourth-order valence-electron chi connectivity index (χ4n) is 6.19. The maximum atomic E-state index is 14.1. The van der Waals surface area contributed by atoms with Crippen molar-refractivity contribution < 1.29 is 53.9 Å². The number of carboxylic acid groups (broad SMARTS) is 1. The summed E-state index contributed by atoms with van der Waals surface area (Å²) in [7, 11) is 0. The summed E-state index contributed by atoms with van der Waals surface area (Å²) in [6.45, 7) is 4.30. The van der Waals surface area contributed by atoms with E-state index in [1.54, 1.807) is 0 Å². The van der Waals surface area contributed by atoms with Crippen LogP contribution in [0.25, 0.3) is 0 Å². The number of aromatic nitrogens is 2. The molecule has 2 aromatic carbocycles. The summed E-state index contributed by atoms with van der Waals surface area (Å²) >= 11 is 0. The second kappa shape index (κ2) is 14.2. The summed E-state index contributed by atoms with van der Waals surface area (Å²) in [6.07, 6.45) is -12.1. The summed E-state index contributed by atoms with van der Waals surface area (Å²) in [5.41, 5.74) is -4.02. The van der Waals surface area contributed by atoms with Crippen LogP contribution in [0.15, 0.2) is 34.9 Å². The number of alkyl halides is 9. The zero-order chi connectivity index (χ0) is 35.6. The topological polar surface area (TPSA) is 82.7 Å². The third kappa shape index (κ3) is 9.34. The minimum Gasteiger partial charge on any atom is -0.481 e. The number of benzene rings is 2. The molecule has 1 N–H and O–H groups in total. The summed E-state index contributed by atoms with van der Waals surface area (Å²) in [6, 6.07) is 3.40. The largest absolute Gasteiger partial charge is 0.481 e. The molecule has 1 aliphatic rings. The molecule has 0 radical (unpaired) electrons.